The number of hydrogen-bond donors (Lipinski definition) is 2. The molecule has 118 valence electrons. The normalized spacial score (nSPS) is 23.1. The number of hydrogen-bond acceptors (Lipinski definition) is 3. The van der Waals surface area contributed by atoms with E-state index in [1.807, 2.05) is 26.0 Å². The van der Waals surface area contributed by atoms with Crippen molar-refractivity contribution < 1.29 is 19.4 Å². The molecule has 2 aliphatic heterocycles. The minimum Gasteiger partial charge on any atom is -0.490 e. The van der Waals surface area contributed by atoms with Crippen molar-refractivity contribution in [3.63, 3.8) is 0 Å². The molecule has 2 N–H and O–H groups in total. The van der Waals surface area contributed by atoms with Crippen molar-refractivity contribution in [1.82, 2.24) is 10.2 Å². The molecule has 0 aliphatic carbocycles. The lowest BCUT2D eigenvalue weighted by Gasteiger charge is -2.20. The summed E-state index contributed by atoms with van der Waals surface area (Å²) in [6.45, 7) is 5.21. The number of rotatable bonds is 2. The van der Waals surface area contributed by atoms with E-state index in [0.29, 0.717) is 19.6 Å². The summed E-state index contributed by atoms with van der Waals surface area (Å²) >= 11 is 0. The fraction of sp³-hybridized carbons (Fsp3) is 0.500. The third kappa shape index (κ3) is 2.49. The van der Waals surface area contributed by atoms with E-state index >= 15 is 0 Å². The minimum atomic E-state index is -0.837. The molecule has 1 saturated heterocycles. The lowest BCUT2D eigenvalue weighted by Crippen LogP contribution is -2.41. The predicted molar refractivity (Wildman–Crippen MR) is 80.0 cm³/mol. The van der Waals surface area contributed by atoms with Crippen molar-refractivity contribution >= 4 is 12.0 Å². The molecule has 0 aromatic heterocycles. The molecule has 1 fully saturated rings. The highest BCUT2D eigenvalue weighted by atomic mass is 16.5. The van der Waals surface area contributed by atoms with Crippen LogP contribution in [0.5, 0.6) is 5.75 Å². The lowest BCUT2D eigenvalue weighted by molar-refractivity contribution is -0.141. The van der Waals surface area contributed by atoms with E-state index in [-0.39, 0.29) is 18.6 Å². The van der Waals surface area contributed by atoms with Gasteiger partial charge in [0.15, 0.2) is 0 Å². The number of carboxylic acids is 1. The Hall–Kier alpha value is -2.24. The number of ether oxygens (including phenoxy) is 1. The van der Waals surface area contributed by atoms with Gasteiger partial charge in [-0.2, -0.15) is 0 Å². The van der Waals surface area contributed by atoms with Crippen LogP contribution in [0.2, 0.25) is 0 Å². The van der Waals surface area contributed by atoms with Gasteiger partial charge in [0.1, 0.15) is 12.4 Å². The molecule has 6 heteroatoms. The first-order chi connectivity index (χ1) is 10.5. The van der Waals surface area contributed by atoms with E-state index in [4.69, 9.17) is 9.84 Å². The molecule has 2 unspecified atom stereocenters. The third-order valence-corrected chi connectivity index (χ3v) is 4.60. The van der Waals surface area contributed by atoms with Gasteiger partial charge in [-0.3, -0.25) is 4.79 Å². The van der Waals surface area contributed by atoms with E-state index in [9.17, 15) is 9.59 Å². The molecule has 3 rings (SSSR count). The summed E-state index contributed by atoms with van der Waals surface area (Å²) in [5.41, 5.74) is 3.25. The molecule has 2 aliphatic rings. The van der Waals surface area contributed by atoms with E-state index in [2.05, 4.69) is 5.32 Å². The average molecular weight is 304 g/mol. The summed E-state index contributed by atoms with van der Waals surface area (Å²) < 4.78 is 5.72. The van der Waals surface area contributed by atoms with Gasteiger partial charge >= 0.3 is 12.0 Å². The molecule has 22 heavy (non-hydrogen) atoms. The Kier molecular flexibility index (Phi) is 3.68. The Morgan fingerprint density at radius 3 is 2.82 bits per heavy atom. The highest BCUT2D eigenvalue weighted by molar-refractivity contribution is 5.78. The third-order valence-electron chi connectivity index (χ3n) is 4.60. The van der Waals surface area contributed by atoms with Crippen molar-refractivity contribution in [2.75, 3.05) is 19.7 Å². The van der Waals surface area contributed by atoms with E-state index in [1.165, 1.54) is 0 Å². The van der Waals surface area contributed by atoms with Gasteiger partial charge in [0.05, 0.1) is 12.0 Å². The number of carboxylic acid groups (broad SMARTS) is 1. The predicted octanol–water partition coefficient (Wildman–Crippen LogP) is 1.85. The molecule has 0 saturated carbocycles. The Morgan fingerprint density at radius 1 is 1.36 bits per heavy atom. The van der Waals surface area contributed by atoms with Crippen molar-refractivity contribution in [2.45, 2.75) is 26.3 Å². The number of nitrogens with one attached hydrogen (secondary N) is 1. The summed E-state index contributed by atoms with van der Waals surface area (Å²) in [6.07, 6.45) is 0.513. The average Bonchev–Trinajstić information content (AvgIpc) is 3.10. The summed E-state index contributed by atoms with van der Waals surface area (Å²) in [7, 11) is 0. The molecular formula is C16H20N2O4. The van der Waals surface area contributed by atoms with Crippen molar-refractivity contribution in [2.24, 2.45) is 5.92 Å². The topological polar surface area (TPSA) is 78.9 Å². The highest BCUT2D eigenvalue weighted by Crippen LogP contribution is 2.36. The molecular weight excluding hydrogens is 284 g/mol. The molecule has 2 atom stereocenters. The van der Waals surface area contributed by atoms with E-state index in [0.717, 1.165) is 22.4 Å². The monoisotopic (exact) mass is 304 g/mol. The van der Waals surface area contributed by atoms with Crippen LogP contribution in [-0.4, -0.2) is 41.7 Å². The van der Waals surface area contributed by atoms with Gasteiger partial charge in [-0.25, -0.2) is 4.79 Å². The largest absolute Gasteiger partial charge is 0.490 e. The number of aryl methyl sites for hydroxylation is 1. The first kappa shape index (κ1) is 14.7. The van der Waals surface area contributed by atoms with Crippen LogP contribution in [0.1, 0.15) is 29.2 Å². The number of carbonyl (C=O) groups is 2. The molecule has 6 nitrogen and oxygen atoms in total. The maximum absolute atomic E-state index is 12.3. The van der Waals surface area contributed by atoms with Crippen LogP contribution in [0.4, 0.5) is 4.79 Å². The summed E-state index contributed by atoms with van der Waals surface area (Å²) in [4.78, 5) is 24.8. The standard InChI is InChI=1S/C16H20N2O4/c1-9-3-4-12-13(8-22-14(12)10(9)2)17-16(21)18-6-5-11(7-18)15(19)20/h3-4,11,13H,5-8H2,1-2H3,(H,17,21)(H,19,20). The SMILES string of the molecule is Cc1ccc2c(c1C)OCC2NC(=O)N1CCC(C(=O)O)C1. The van der Waals surface area contributed by atoms with Crippen LogP contribution >= 0.6 is 0 Å². The maximum atomic E-state index is 12.3. The number of benzene rings is 1. The van der Waals surface area contributed by atoms with Gasteiger partial charge in [0.25, 0.3) is 0 Å². The van der Waals surface area contributed by atoms with Gasteiger partial charge in [-0.1, -0.05) is 12.1 Å². The Morgan fingerprint density at radius 2 is 2.14 bits per heavy atom. The second-order valence-corrected chi connectivity index (χ2v) is 6.01. The van der Waals surface area contributed by atoms with E-state index in [1.54, 1.807) is 4.90 Å². The minimum absolute atomic E-state index is 0.175. The number of urea groups is 1. The molecule has 1 aromatic rings. The second-order valence-electron chi connectivity index (χ2n) is 6.01. The smallest absolute Gasteiger partial charge is 0.318 e. The zero-order valence-electron chi connectivity index (χ0n) is 12.8. The molecule has 0 bridgehead atoms. The number of aliphatic carboxylic acids is 1. The summed E-state index contributed by atoms with van der Waals surface area (Å²) in [5, 5.41) is 12.0. The maximum Gasteiger partial charge on any atom is 0.318 e. The number of amides is 2. The first-order valence-electron chi connectivity index (χ1n) is 7.48. The Balaban J connectivity index is 1.68. The van der Waals surface area contributed by atoms with Crippen LogP contribution in [0, 0.1) is 19.8 Å². The van der Waals surface area contributed by atoms with Gasteiger partial charge in [-0.05, 0) is 31.4 Å². The Labute approximate surface area is 129 Å². The molecule has 2 amide bonds. The van der Waals surface area contributed by atoms with Crippen molar-refractivity contribution in [3.8, 4) is 5.75 Å². The summed E-state index contributed by atoms with van der Waals surface area (Å²) in [6, 6.07) is 3.62. The van der Waals surface area contributed by atoms with Crippen molar-refractivity contribution in [3.05, 3.63) is 28.8 Å². The summed E-state index contributed by atoms with van der Waals surface area (Å²) in [5.74, 6) is -0.436. The van der Waals surface area contributed by atoms with Gasteiger partial charge in [-0.15, -0.1) is 0 Å². The first-order valence-corrected chi connectivity index (χ1v) is 7.48. The van der Waals surface area contributed by atoms with Crippen LogP contribution < -0.4 is 10.1 Å². The number of fused-ring (bicyclic) bond motifs is 1. The zero-order valence-corrected chi connectivity index (χ0v) is 12.8. The van der Waals surface area contributed by atoms with Crippen molar-refractivity contribution in [1.29, 1.82) is 0 Å². The zero-order chi connectivity index (χ0) is 15.9. The lowest BCUT2D eigenvalue weighted by atomic mass is 10.0. The van der Waals surface area contributed by atoms with Gasteiger partial charge in [0, 0.05) is 18.7 Å². The van der Waals surface area contributed by atoms with Crippen LogP contribution in [-0.2, 0) is 4.79 Å². The highest BCUT2D eigenvalue weighted by Gasteiger charge is 2.33. The molecule has 0 spiro atoms. The molecule has 2 heterocycles. The fourth-order valence-corrected chi connectivity index (χ4v) is 3.04. The van der Waals surface area contributed by atoms with Crippen LogP contribution in [0.3, 0.4) is 0 Å². The molecule has 1 aromatic carbocycles. The Bertz CT molecular complexity index is 629. The molecule has 0 radical (unpaired) electrons. The second kappa shape index (κ2) is 5.51. The number of nitrogens with zero attached hydrogens (tertiary/aromatic N) is 1. The number of carbonyl (C=O) groups excluding carboxylic acids is 1. The van der Waals surface area contributed by atoms with Crippen LogP contribution in [0.15, 0.2) is 12.1 Å². The van der Waals surface area contributed by atoms with Gasteiger partial charge in [0.2, 0.25) is 0 Å². The number of likely N-dealkylation sites (tertiary alicyclic amines) is 1. The fourth-order valence-electron chi connectivity index (χ4n) is 3.04. The quantitative estimate of drug-likeness (QED) is 0.874. The van der Waals surface area contributed by atoms with Crippen LogP contribution in [0.25, 0.3) is 0 Å². The van der Waals surface area contributed by atoms with Gasteiger partial charge < -0.3 is 20.1 Å². The van der Waals surface area contributed by atoms with E-state index < -0.39 is 11.9 Å².